The second kappa shape index (κ2) is 7.97. The molecular weight excluding hydrogens is 306 g/mol. The van der Waals surface area contributed by atoms with Crippen molar-refractivity contribution in [3.05, 3.63) is 42.7 Å². The van der Waals surface area contributed by atoms with E-state index in [4.69, 9.17) is 9.47 Å². The van der Waals surface area contributed by atoms with Crippen LogP contribution in [0.2, 0.25) is 0 Å². The molecule has 1 saturated heterocycles. The average molecular weight is 329 g/mol. The summed E-state index contributed by atoms with van der Waals surface area (Å²) in [5, 5.41) is 7.12. The van der Waals surface area contributed by atoms with E-state index in [0.717, 1.165) is 19.4 Å². The van der Waals surface area contributed by atoms with Gasteiger partial charge >= 0.3 is 0 Å². The van der Waals surface area contributed by atoms with E-state index in [1.165, 1.54) is 6.42 Å². The Labute approximate surface area is 141 Å². The maximum atomic E-state index is 12.2. The van der Waals surface area contributed by atoms with Crippen LogP contribution in [0.3, 0.4) is 0 Å². The third-order valence-corrected chi connectivity index (χ3v) is 3.99. The highest BCUT2D eigenvalue weighted by Crippen LogP contribution is 2.16. The van der Waals surface area contributed by atoms with Crippen molar-refractivity contribution in [1.29, 1.82) is 0 Å². The van der Waals surface area contributed by atoms with Crippen LogP contribution in [-0.4, -0.2) is 34.5 Å². The van der Waals surface area contributed by atoms with E-state index >= 15 is 0 Å². The molecule has 2 aromatic rings. The van der Waals surface area contributed by atoms with Gasteiger partial charge in [0.2, 0.25) is 0 Å². The molecule has 1 N–H and O–H groups in total. The largest absolute Gasteiger partial charge is 0.481 e. The molecule has 2 heterocycles. The molecule has 1 aliphatic heterocycles. The van der Waals surface area contributed by atoms with Gasteiger partial charge in [-0.1, -0.05) is 18.2 Å². The van der Waals surface area contributed by atoms with Crippen LogP contribution in [0.4, 0.5) is 5.69 Å². The predicted molar refractivity (Wildman–Crippen MR) is 91.0 cm³/mol. The van der Waals surface area contributed by atoms with Crippen LogP contribution >= 0.6 is 0 Å². The standard InChI is InChI=1S/C18H23N3O3/c1-14(24-16-7-3-2-4-8-16)18(22)20-15-11-19-21(12-15)13-17-9-5-6-10-23-17/h2-4,7-8,11-12,14,17H,5-6,9-10,13H2,1H3,(H,20,22)/t14-,17+/m0/s1. The van der Waals surface area contributed by atoms with Gasteiger partial charge in [-0.25, -0.2) is 0 Å². The van der Waals surface area contributed by atoms with Crippen molar-refractivity contribution in [3.8, 4) is 5.75 Å². The molecule has 0 saturated carbocycles. The lowest BCUT2D eigenvalue weighted by molar-refractivity contribution is -0.122. The van der Waals surface area contributed by atoms with Gasteiger partial charge in [-0.3, -0.25) is 9.48 Å². The Bertz CT molecular complexity index is 651. The summed E-state index contributed by atoms with van der Waals surface area (Å²) in [5.41, 5.74) is 0.666. The van der Waals surface area contributed by atoms with Crippen LogP contribution in [0.25, 0.3) is 0 Å². The van der Waals surface area contributed by atoms with Gasteiger partial charge in [0.1, 0.15) is 5.75 Å². The fourth-order valence-corrected chi connectivity index (χ4v) is 2.69. The average Bonchev–Trinajstić information content (AvgIpc) is 3.03. The fourth-order valence-electron chi connectivity index (χ4n) is 2.69. The Hall–Kier alpha value is -2.34. The smallest absolute Gasteiger partial charge is 0.265 e. The van der Waals surface area contributed by atoms with Gasteiger partial charge in [0, 0.05) is 12.8 Å². The minimum absolute atomic E-state index is 0.202. The van der Waals surface area contributed by atoms with Gasteiger partial charge in [-0.15, -0.1) is 0 Å². The van der Waals surface area contributed by atoms with Crippen molar-refractivity contribution in [2.24, 2.45) is 0 Å². The molecule has 0 spiro atoms. The monoisotopic (exact) mass is 329 g/mol. The van der Waals surface area contributed by atoms with Gasteiger partial charge in [0.25, 0.3) is 5.91 Å². The molecule has 1 aliphatic rings. The summed E-state index contributed by atoms with van der Waals surface area (Å²) in [6.45, 7) is 3.26. The normalized spacial score (nSPS) is 18.8. The first kappa shape index (κ1) is 16.5. The van der Waals surface area contributed by atoms with Crippen LogP contribution in [0.15, 0.2) is 42.7 Å². The van der Waals surface area contributed by atoms with Gasteiger partial charge < -0.3 is 14.8 Å². The van der Waals surface area contributed by atoms with Crippen LogP contribution < -0.4 is 10.1 Å². The van der Waals surface area contributed by atoms with E-state index in [1.54, 1.807) is 13.1 Å². The maximum Gasteiger partial charge on any atom is 0.265 e. The zero-order valence-corrected chi connectivity index (χ0v) is 13.9. The van der Waals surface area contributed by atoms with Crippen molar-refractivity contribution >= 4 is 11.6 Å². The van der Waals surface area contributed by atoms with E-state index in [9.17, 15) is 4.79 Å². The lowest BCUT2D eigenvalue weighted by Crippen LogP contribution is -2.30. The number of benzene rings is 1. The molecule has 0 aliphatic carbocycles. The number of rotatable bonds is 6. The Morgan fingerprint density at radius 2 is 2.25 bits per heavy atom. The van der Waals surface area contributed by atoms with E-state index < -0.39 is 6.10 Å². The molecule has 1 fully saturated rings. The first-order chi connectivity index (χ1) is 11.7. The SMILES string of the molecule is C[C@H](Oc1ccccc1)C(=O)Nc1cnn(C[C@H]2CCCCO2)c1. The molecule has 1 aromatic heterocycles. The summed E-state index contributed by atoms with van der Waals surface area (Å²) in [6.07, 6.45) is 6.49. The van der Waals surface area contributed by atoms with Crippen LogP contribution in [0.1, 0.15) is 26.2 Å². The van der Waals surface area contributed by atoms with Gasteiger partial charge in [0.15, 0.2) is 6.10 Å². The molecule has 6 heteroatoms. The van der Waals surface area contributed by atoms with Crippen molar-refractivity contribution in [2.75, 3.05) is 11.9 Å². The van der Waals surface area contributed by atoms with Crippen molar-refractivity contribution in [2.45, 2.75) is 44.9 Å². The molecule has 3 rings (SSSR count). The molecule has 2 atom stereocenters. The second-order valence-corrected chi connectivity index (χ2v) is 6.00. The molecule has 0 bridgehead atoms. The molecule has 6 nitrogen and oxygen atoms in total. The number of para-hydroxylation sites is 1. The number of ether oxygens (including phenoxy) is 2. The summed E-state index contributed by atoms with van der Waals surface area (Å²) in [5.74, 6) is 0.470. The van der Waals surface area contributed by atoms with Crippen molar-refractivity contribution < 1.29 is 14.3 Å². The summed E-state index contributed by atoms with van der Waals surface area (Å²) in [4.78, 5) is 12.2. The predicted octanol–water partition coefficient (Wildman–Crippen LogP) is 2.86. The quantitative estimate of drug-likeness (QED) is 0.885. The fraction of sp³-hybridized carbons (Fsp3) is 0.444. The highest BCUT2D eigenvalue weighted by Gasteiger charge is 2.17. The number of hydrogen-bond acceptors (Lipinski definition) is 4. The van der Waals surface area contributed by atoms with E-state index in [2.05, 4.69) is 10.4 Å². The Kier molecular flexibility index (Phi) is 5.48. The number of hydrogen-bond donors (Lipinski definition) is 1. The number of nitrogens with one attached hydrogen (secondary N) is 1. The number of amides is 1. The lowest BCUT2D eigenvalue weighted by atomic mass is 10.1. The number of carbonyl (C=O) groups excluding carboxylic acids is 1. The third kappa shape index (κ3) is 4.58. The van der Waals surface area contributed by atoms with Gasteiger partial charge in [-0.05, 0) is 38.3 Å². The number of nitrogens with zero attached hydrogens (tertiary/aromatic N) is 2. The Balaban J connectivity index is 1.51. The first-order valence-corrected chi connectivity index (χ1v) is 8.37. The lowest BCUT2D eigenvalue weighted by Gasteiger charge is -2.22. The summed E-state index contributed by atoms with van der Waals surface area (Å²) >= 11 is 0. The molecular formula is C18H23N3O3. The summed E-state index contributed by atoms with van der Waals surface area (Å²) in [6, 6.07) is 9.30. The summed E-state index contributed by atoms with van der Waals surface area (Å²) in [7, 11) is 0. The Morgan fingerprint density at radius 1 is 1.42 bits per heavy atom. The number of aromatic nitrogens is 2. The molecule has 0 radical (unpaired) electrons. The highest BCUT2D eigenvalue weighted by atomic mass is 16.5. The molecule has 128 valence electrons. The van der Waals surface area contributed by atoms with Gasteiger partial charge in [0.05, 0.1) is 24.5 Å². The van der Waals surface area contributed by atoms with E-state index in [-0.39, 0.29) is 12.0 Å². The summed E-state index contributed by atoms with van der Waals surface area (Å²) < 4.78 is 13.1. The second-order valence-electron chi connectivity index (χ2n) is 6.00. The molecule has 0 unspecified atom stereocenters. The minimum atomic E-state index is -0.586. The number of carbonyl (C=O) groups is 1. The topological polar surface area (TPSA) is 65.4 Å². The minimum Gasteiger partial charge on any atom is -0.481 e. The van der Waals surface area contributed by atoms with Crippen molar-refractivity contribution in [1.82, 2.24) is 9.78 Å². The highest BCUT2D eigenvalue weighted by molar-refractivity contribution is 5.93. The zero-order chi connectivity index (χ0) is 16.8. The number of anilines is 1. The molecule has 24 heavy (non-hydrogen) atoms. The van der Waals surface area contributed by atoms with Gasteiger partial charge in [-0.2, -0.15) is 5.10 Å². The van der Waals surface area contributed by atoms with Crippen LogP contribution in [0.5, 0.6) is 5.75 Å². The maximum absolute atomic E-state index is 12.2. The van der Waals surface area contributed by atoms with Crippen molar-refractivity contribution in [3.63, 3.8) is 0 Å². The third-order valence-electron chi connectivity index (χ3n) is 3.99. The van der Waals surface area contributed by atoms with Crippen LogP contribution in [-0.2, 0) is 16.1 Å². The first-order valence-electron chi connectivity index (χ1n) is 8.37. The van der Waals surface area contributed by atoms with Crippen LogP contribution in [0, 0.1) is 0 Å². The Morgan fingerprint density at radius 3 is 3.00 bits per heavy atom. The zero-order valence-electron chi connectivity index (χ0n) is 13.9. The van der Waals surface area contributed by atoms with E-state index in [0.29, 0.717) is 18.0 Å². The molecule has 1 aromatic carbocycles. The van der Waals surface area contributed by atoms with E-state index in [1.807, 2.05) is 41.2 Å². The molecule has 1 amide bonds.